The Balaban J connectivity index is 3.35. The highest BCUT2D eigenvalue weighted by Crippen LogP contribution is 2.10. The van der Waals surface area contributed by atoms with Crippen molar-refractivity contribution in [3.05, 3.63) is 0 Å². The number of terminal acetylenes is 1. The van der Waals surface area contributed by atoms with Crippen molar-refractivity contribution in [1.82, 2.24) is 0 Å². The van der Waals surface area contributed by atoms with Gasteiger partial charge in [0.25, 0.3) is 0 Å². The van der Waals surface area contributed by atoms with Gasteiger partial charge in [-0.1, -0.05) is 39.0 Å². The molecule has 14 heavy (non-hydrogen) atoms. The average Bonchev–Trinajstić information content (AvgIpc) is 2.17. The van der Waals surface area contributed by atoms with Crippen molar-refractivity contribution < 1.29 is 10.2 Å². The number of unbranched alkanes of at least 4 members (excludes halogenated alkanes) is 4. The van der Waals surface area contributed by atoms with Crippen molar-refractivity contribution >= 4 is 0 Å². The molecule has 2 unspecified atom stereocenters. The predicted molar refractivity (Wildman–Crippen MR) is 58.8 cm³/mol. The minimum absolute atomic E-state index is 0.246. The van der Waals surface area contributed by atoms with Crippen molar-refractivity contribution in [2.24, 2.45) is 0 Å². The van der Waals surface area contributed by atoms with Gasteiger partial charge in [-0.05, 0) is 6.42 Å². The fraction of sp³-hybridized carbons (Fsp3) is 0.833. The van der Waals surface area contributed by atoms with E-state index in [0.717, 1.165) is 12.8 Å². The van der Waals surface area contributed by atoms with Crippen LogP contribution >= 0.6 is 0 Å². The molecule has 0 bridgehead atoms. The first-order valence-corrected chi connectivity index (χ1v) is 5.52. The average molecular weight is 198 g/mol. The smallest absolute Gasteiger partial charge is 0.0907 e. The van der Waals surface area contributed by atoms with Crippen LogP contribution in [-0.2, 0) is 0 Å². The lowest BCUT2D eigenvalue weighted by Gasteiger charge is -2.15. The minimum Gasteiger partial charge on any atom is -0.390 e. The van der Waals surface area contributed by atoms with Crippen molar-refractivity contribution in [2.75, 3.05) is 0 Å². The SMILES string of the molecule is C#CCC(O)C(O)CCCCCCC. The zero-order valence-electron chi connectivity index (χ0n) is 9.08. The summed E-state index contributed by atoms with van der Waals surface area (Å²) in [5.41, 5.74) is 0. The van der Waals surface area contributed by atoms with Gasteiger partial charge >= 0.3 is 0 Å². The van der Waals surface area contributed by atoms with Crippen LogP contribution in [0.25, 0.3) is 0 Å². The maximum absolute atomic E-state index is 9.46. The molecular formula is C12H22O2. The molecule has 0 saturated heterocycles. The van der Waals surface area contributed by atoms with Crippen LogP contribution in [0.15, 0.2) is 0 Å². The van der Waals surface area contributed by atoms with E-state index in [-0.39, 0.29) is 6.42 Å². The molecule has 2 heteroatoms. The summed E-state index contributed by atoms with van der Waals surface area (Å²) in [6, 6.07) is 0. The lowest BCUT2D eigenvalue weighted by molar-refractivity contribution is 0.0165. The fourth-order valence-corrected chi connectivity index (χ4v) is 1.41. The summed E-state index contributed by atoms with van der Waals surface area (Å²) in [5.74, 6) is 2.35. The third-order valence-electron chi connectivity index (χ3n) is 2.37. The zero-order valence-corrected chi connectivity index (χ0v) is 9.08. The van der Waals surface area contributed by atoms with Crippen LogP contribution in [0.5, 0.6) is 0 Å². The topological polar surface area (TPSA) is 40.5 Å². The Morgan fingerprint density at radius 2 is 1.71 bits per heavy atom. The summed E-state index contributed by atoms with van der Waals surface area (Å²) >= 11 is 0. The van der Waals surface area contributed by atoms with Crippen molar-refractivity contribution in [2.45, 2.75) is 64.1 Å². The summed E-state index contributed by atoms with van der Waals surface area (Å²) in [6.07, 6.45) is 10.4. The van der Waals surface area contributed by atoms with Crippen molar-refractivity contribution in [1.29, 1.82) is 0 Å². The van der Waals surface area contributed by atoms with Gasteiger partial charge in [0.15, 0.2) is 0 Å². The van der Waals surface area contributed by atoms with Gasteiger partial charge in [-0.25, -0.2) is 0 Å². The van der Waals surface area contributed by atoms with Crippen LogP contribution in [0.3, 0.4) is 0 Å². The lowest BCUT2D eigenvalue weighted by atomic mass is 10.0. The molecule has 0 fully saturated rings. The van der Waals surface area contributed by atoms with Crippen molar-refractivity contribution in [3.63, 3.8) is 0 Å². The molecule has 0 radical (unpaired) electrons. The molecule has 0 aliphatic carbocycles. The van der Waals surface area contributed by atoms with Crippen LogP contribution in [0.1, 0.15) is 51.9 Å². The van der Waals surface area contributed by atoms with E-state index < -0.39 is 12.2 Å². The predicted octanol–water partition coefficient (Wildman–Crippen LogP) is 2.09. The number of aliphatic hydroxyl groups is 2. The molecule has 0 saturated carbocycles. The normalized spacial score (nSPS) is 14.7. The van der Waals surface area contributed by atoms with Crippen LogP contribution in [0.4, 0.5) is 0 Å². The quantitative estimate of drug-likeness (QED) is 0.463. The largest absolute Gasteiger partial charge is 0.390 e. The van der Waals surface area contributed by atoms with Gasteiger partial charge in [0.2, 0.25) is 0 Å². The van der Waals surface area contributed by atoms with Gasteiger partial charge in [0.05, 0.1) is 12.2 Å². The summed E-state index contributed by atoms with van der Waals surface area (Å²) in [5, 5.41) is 18.8. The molecule has 2 nitrogen and oxygen atoms in total. The summed E-state index contributed by atoms with van der Waals surface area (Å²) < 4.78 is 0. The first kappa shape index (κ1) is 13.5. The van der Waals surface area contributed by atoms with Crippen molar-refractivity contribution in [3.8, 4) is 12.3 Å². The van der Waals surface area contributed by atoms with E-state index in [2.05, 4.69) is 12.8 Å². The Kier molecular flexibility index (Phi) is 8.72. The molecule has 0 rings (SSSR count). The first-order chi connectivity index (χ1) is 6.72. The molecule has 0 aliphatic rings. The molecule has 2 atom stereocenters. The van der Waals surface area contributed by atoms with Gasteiger partial charge in [-0.15, -0.1) is 12.3 Å². The molecule has 0 amide bonds. The standard InChI is InChI=1S/C12H22O2/c1-3-5-6-7-8-10-12(14)11(13)9-4-2/h2,11-14H,3,5-10H2,1H3. The van der Waals surface area contributed by atoms with Crippen LogP contribution in [0.2, 0.25) is 0 Å². The van der Waals surface area contributed by atoms with Crippen LogP contribution in [0, 0.1) is 12.3 Å². The van der Waals surface area contributed by atoms with E-state index in [1.54, 1.807) is 0 Å². The number of aliphatic hydroxyl groups excluding tert-OH is 2. The molecule has 82 valence electrons. The molecule has 0 aromatic heterocycles. The summed E-state index contributed by atoms with van der Waals surface area (Å²) in [7, 11) is 0. The Hall–Kier alpha value is -0.520. The third-order valence-corrected chi connectivity index (χ3v) is 2.37. The van der Waals surface area contributed by atoms with E-state index in [4.69, 9.17) is 6.42 Å². The van der Waals surface area contributed by atoms with E-state index in [1.807, 2.05) is 0 Å². The van der Waals surface area contributed by atoms with Gasteiger partial charge in [0, 0.05) is 6.42 Å². The molecule has 0 heterocycles. The lowest BCUT2D eigenvalue weighted by Crippen LogP contribution is -2.25. The molecular weight excluding hydrogens is 176 g/mol. The highest BCUT2D eigenvalue weighted by molar-refractivity contribution is 4.88. The van der Waals surface area contributed by atoms with E-state index >= 15 is 0 Å². The Labute approximate surface area is 87.3 Å². The van der Waals surface area contributed by atoms with Gasteiger partial charge < -0.3 is 10.2 Å². The molecule has 0 aromatic carbocycles. The molecule has 2 N–H and O–H groups in total. The Morgan fingerprint density at radius 1 is 1.07 bits per heavy atom. The van der Waals surface area contributed by atoms with Crippen LogP contribution in [-0.4, -0.2) is 22.4 Å². The van der Waals surface area contributed by atoms with Crippen LogP contribution < -0.4 is 0 Å². The second kappa shape index (κ2) is 9.05. The van der Waals surface area contributed by atoms with E-state index in [1.165, 1.54) is 19.3 Å². The van der Waals surface area contributed by atoms with E-state index in [9.17, 15) is 10.2 Å². The summed E-state index contributed by atoms with van der Waals surface area (Å²) in [6.45, 7) is 2.17. The Bertz CT molecular complexity index is 160. The second-order valence-corrected chi connectivity index (χ2v) is 3.75. The monoisotopic (exact) mass is 198 g/mol. The third kappa shape index (κ3) is 6.94. The summed E-state index contributed by atoms with van der Waals surface area (Å²) in [4.78, 5) is 0. The minimum atomic E-state index is -0.744. The first-order valence-electron chi connectivity index (χ1n) is 5.52. The maximum atomic E-state index is 9.46. The molecule has 0 aliphatic heterocycles. The maximum Gasteiger partial charge on any atom is 0.0907 e. The van der Waals surface area contributed by atoms with Gasteiger partial charge in [-0.3, -0.25) is 0 Å². The molecule has 0 spiro atoms. The van der Waals surface area contributed by atoms with Gasteiger partial charge in [-0.2, -0.15) is 0 Å². The van der Waals surface area contributed by atoms with E-state index in [0.29, 0.717) is 6.42 Å². The number of hydrogen-bond acceptors (Lipinski definition) is 2. The molecule has 0 aromatic rings. The Morgan fingerprint density at radius 3 is 2.29 bits per heavy atom. The second-order valence-electron chi connectivity index (χ2n) is 3.75. The van der Waals surface area contributed by atoms with Gasteiger partial charge in [0.1, 0.15) is 0 Å². The highest BCUT2D eigenvalue weighted by atomic mass is 16.3. The number of rotatable bonds is 8. The number of hydrogen-bond donors (Lipinski definition) is 2. The fourth-order valence-electron chi connectivity index (χ4n) is 1.41. The zero-order chi connectivity index (χ0) is 10.8. The highest BCUT2D eigenvalue weighted by Gasteiger charge is 2.13.